The molecule has 0 aromatic rings. The summed E-state index contributed by atoms with van der Waals surface area (Å²) in [5.41, 5.74) is 0.196. The molecule has 0 aliphatic rings. The maximum Gasteiger partial charge on any atom is 0.500 e. The van der Waals surface area contributed by atoms with E-state index in [2.05, 4.69) is 31.2 Å². The van der Waals surface area contributed by atoms with Gasteiger partial charge in [0.2, 0.25) is 0 Å². The predicted octanol–water partition coefficient (Wildman–Crippen LogP) is 2.21. The van der Waals surface area contributed by atoms with Gasteiger partial charge in [0.25, 0.3) is 0 Å². The third-order valence-electron chi connectivity index (χ3n) is 4.17. The van der Waals surface area contributed by atoms with Gasteiger partial charge in [-0.05, 0) is 65.3 Å². The van der Waals surface area contributed by atoms with Crippen molar-refractivity contribution in [1.29, 1.82) is 0 Å². The van der Waals surface area contributed by atoms with E-state index in [1.54, 1.807) is 21.3 Å². The van der Waals surface area contributed by atoms with Gasteiger partial charge in [0.1, 0.15) is 0 Å². The van der Waals surface area contributed by atoms with E-state index in [1.807, 2.05) is 7.05 Å². The molecule has 5 nitrogen and oxygen atoms in total. The molecule has 1 atom stereocenters. The van der Waals surface area contributed by atoms with Crippen LogP contribution in [0, 0.1) is 5.41 Å². The van der Waals surface area contributed by atoms with Crippen molar-refractivity contribution in [3.63, 3.8) is 0 Å². The Morgan fingerprint density at radius 2 is 1.52 bits per heavy atom. The van der Waals surface area contributed by atoms with Crippen LogP contribution in [0.5, 0.6) is 0 Å². The van der Waals surface area contributed by atoms with Crippen LogP contribution >= 0.6 is 0 Å². The van der Waals surface area contributed by atoms with E-state index in [0.717, 1.165) is 32.0 Å². The molecule has 0 aromatic heterocycles. The van der Waals surface area contributed by atoms with Crippen LogP contribution in [0.25, 0.3) is 0 Å². The van der Waals surface area contributed by atoms with Crippen LogP contribution in [-0.2, 0) is 13.3 Å². The molecule has 0 amide bonds. The van der Waals surface area contributed by atoms with E-state index in [-0.39, 0.29) is 5.41 Å². The summed E-state index contributed by atoms with van der Waals surface area (Å²) in [7, 11) is 8.83. The van der Waals surface area contributed by atoms with Gasteiger partial charge in [-0.25, -0.2) is 0 Å². The molecule has 1 N–H and O–H groups in total. The molecule has 128 valence electrons. The molecule has 21 heavy (non-hydrogen) atoms. The second-order valence-corrected chi connectivity index (χ2v) is 9.34. The fraction of sp³-hybridized carbons (Fsp3) is 1.00. The summed E-state index contributed by atoms with van der Waals surface area (Å²) < 4.78 is 16.9. The van der Waals surface area contributed by atoms with E-state index in [1.165, 1.54) is 12.8 Å². The minimum Gasteiger partial charge on any atom is -0.377 e. The van der Waals surface area contributed by atoms with Crippen molar-refractivity contribution in [2.24, 2.45) is 5.41 Å². The summed E-state index contributed by atoms with van der Waals surface area (Å²) in [5, 5.41) is 3.23. The van der Waals surface area contributed by atoms with Crippen molar-refractivity contribution >= 4 is 8.80 Å². The summed E-state index contributed by atoms with van der Waals surface area (Å²) in [6.45, 7) is 4.50. The Morgan fingerprint density at radius 3 is 1.95 bits per heavy atom. The number of hydrogen-bond donors (Lipinski definition) is 1. The van der Waals surface area contributed by atoms with Crippen molar-refractivity contribution in [2.45, 2.75) is 38.7 Å². The van der Waals surface area contributed by atoms with Gasteiger partial charge in [0.05, 0.1) is 0 Å². The summed E-state index contributed by atoms with van der Waals surface area (Å²) >= 11 is 0. The maximum absolute atomic E-state index is 5.63. The first kappa shape index (κ1) is 21.0. The average Bonchev–Trinajstić information content (AvgIpc) is 2.45. The minimum absolute atomic E-state index is 0.196. The van der Waals surface area contributed by atoms with Crippen molar-refractivity contribution < 1.29 is 13.3 Å². The summed E-state index contributed by atoms with van der Waals surface area (Å²) in [6, 6.07) is 0.876. The third-order valence-corrected chi connectivity index (χ3v) is 7.32. The highest BCUT2D eigenvalue weighted by atomic mass is 28.4. The maximum atomic E-state index is 5.63. The zero-order chi connectivity index (χ0) is 16.4. The molecular formula is C15H36N2O3Si. The molecule has 0 fully saturated rings. The van der Waals surface area contributed by atoms with Crippen LogP contribution in [-0.4, -0.2) is 69.3 Å². The number of nitrogens with one attached hydrogen (secondary N) is 1. The van der Waals surface area contributed by atoms with E-state index < -0.39 is 8.80 Å². The molecule has 0 aliphatic carbocycles. The van der Waals surface area contributed by atoms with Gasteiger partial charge in [0.15, 0.2) is 0 Å². The normalized spacial score (nSPS) is 15.4. The molecule has 0 aliphatic heterocycles. The fourth-order valence-corrected chi connectivity index (χ4v) is 5.14. The van der Waals surface area contributed by atoms with Gasteiger partial charge in [-0.2, -0.15) is 0 Å². The van der Waals surface area contributed by atoms with Gasteiger partial charge in [-0.15, -0.1) is 0 Å². The Kier molecular flexibility index (Phi) is 10.7. The first-order valence-electron chi connectivity index (χ1n) is 7.82. The Balaban J connectivity index is 4.75. The Bertz CT molecular complexity index is 255. The molecule has 0 saturated heterocycles. The number of nitrogens with zero attached hydrogens (tertiary/aromatic N) is 1. The van der Waals surface area contributed by atoms with Crippen molar-refractivity contribution in [3.05, 3.63) is 0 Å². The second kappa shape index (κ2) is 10.7. The lowest BCUT2D eigenvalue weighted by atomic mass is 9.82. The van der Waals surface area contributed by atoms with Gasteiger partial charge in [-0.1, -0.05) is 6.92 Å². The lowest BCUT2D eigenvalue weighted by Gasteiger charge is -2.36. The predicted molar refractivity (Wildman–Crippen MR) is 90.6 cm³/mol. The van der Waals surface area contributed by atoms with E-state index in [9.17, 15) is 0 Å². The molecule has 0 spiro atoms. The van der Waals surface area contributed by atoms with Crippen LogP contribution in [0.4, 0.5) is 0 Å². The smallest absolute Gasteiger partial charge is 0.377 e. The lowest BCUT2D eigenvalue weighted by molar-refractivity contribution is 0.102. The molecule has 0 bridgehead atoms. The fourth-order valence-electron chi connectivity index (χ4n) is 2.80. The molecule has 0 radical (unpaired) electrons. The van der Waals surface area contributed by atoms with Crippen LogP contribution in [0.3, 0.4) is 0 Å². The van der Waals surface area contributed by atoms with Crippen molar-refractivity contribution in [3.8, 4) is 0 Å². The van der Waals surface area contributed by atoms with Crippen molar-refractivity contribution in [2.75, 3.05) is 55.6 Å². The Morgan fingerprint density at radius 1 is 1.00 bits per heavy atom. The first-order chi connectivity index (χ1) is 9.87. The molecule has 0 heterocycles. The topological polar surface area (TPSA) is 43.0 Å². The molecule has 6 heteroatoms. The third kappa shape index (κ3) is 8.28. The van der Waals surface area contributed by atoms with E-state index >= 15 is 0 Å². The summed E-state index contributed by atoms with van der Waals surface area (Å²) in [6.07, 6.45) is 4.67. The first-order valence-corrected chi connectivity index (χ1v) is 9.75. The molecule has 1 unspecified atom stereocenters. The van der Waals surface area contributed by atoms with Crippen LogP contribution in [0.2, 0.25) is 6.04 Å². The molecule has 0 rings (SSSR count). The minimum atomic E-state index is -2.52. The quantitative estimate of drug-likeness (QED) is 0.416. The summed E-state index contributed by atoms with van der Waals surface area (Å²) in [5.74, 6) is 0. The van der Waals surface area contributed by atoms with Gasteiger partial charge in [-0.3, -0.25) is 0 Å². The second-order valence-electron chi connectivity index (χ2n) is 6.40. The molecule has 0 aromatic carbocycles. The highest BCUT2D eigenvalue weighted by Crippen LogP contribution is 2.38. The van der Waals surface area contributed by atoms with Gasteiger partial charge < -0.3 is 23.5 Å². The van der Waals surface area contributed by atoms with Gasteiger partial charge in [0, 0.05) is 27.4 Å². The zero-order valence-corrected chi connectivity index (χ0v) is 16.1. The van der Waals surface area contributed by atoms with E-state index in [4.69, 9.17) is 13.3 Å². The standard InChI is InChI=1S/C15H36N2O3Si/c1-15(10-8-12-16-2,11-9-13-17(3)4)14-21(18-5,19-6)20-7/h16H,8-14H2,1-7H3. The molecular weight excluding hydrogens is 284 g/mol. The monoisotopic (exact) mass is 320 g/mol. The van der Waals surface area contributed by atoms with Crippen LogP contribution < -0.4 is 5.32 Å². The van der Waals surface area contributed by atoms with Crippen LogP contribution in [0.1, 0.15) is 32.6 Å². The largest absolute Gasteiger partial charge is 0.500 e. The van der Waals surface area contributed by atoms with E-state index in [0.29, 0.717) is 0 Å². The lowest BCUT2D eigenvalue weighted by Crippen LogP contribution is -2.47. The number of rotatable bonds is 13. The SMILES string of the molecule is CNCCCC(C)(CCCN(C)C)C[Si](OC)(OC)OC. The average molecular weight is 321 g/mol. The van der Waals surface area contributed by atoms with Crippen molar-refractivity contribution in [1.82, 2.24) is 10.2 Å². The highest BCUT2D eigenvalue weighted by molar-refractivity contribution is 6.60. The number of hydrogen-bond acceptors (Lipinski definition) is 5. The zero-order valence-electron chi connectivity index (χ0n) is 15.1. The molecule has 0 saturated carbocycles. The Hall–Kier alpha value is 0.0169. The van der Waals surface area contributed by atoms with Gasteiger partial charge >= 0.3 is 8.80 Å². The Labute approximate surface area is 132 Å². The highest BCUT2D eigenvalue weighted by Gasteiger charge is 2.44. The van der Waals surface area contributed by atoms with Crippen LogP contribution in [0.15, 0.2) is 0 Å². The summed E-state index contributed by atoms with van der Waals surface area (Å²) in [4.78, 5) is 2.24.